The normalized spacial score (nSPS) is 10.8. The van der Waals surface area contributed by atoms with E-state index in [9.17, 15) is 9.18 Å². The predicted octanol–water partition coefficient (Wildman–Crippen LogP) is 1.55. The highest BCUT2D eigenvalue weighted by Crippen LogP contribution is 2.03. The minimum absolute atomic E-state index is 0. The second kappa shape index (κ2) is 13.1. The summed E-state index contributed by atoms with van der Waals surface area (Å²) in [6.07, 6.45) is 4.78. The van der Waals surface area contributed by atoms with Crippen molar-refractivity contribution in [3.63, 3.8) is 0 Å². The summed E-state index contributed by atoms with van der Waals surface area (Å²) in [4.78, 5) is 16.0. The third-order valence-corrected chi connectivity index (χ3v) is 3.63. The Morgan fingerprint density at radius 1 is 1.19 bits per heavy atom. The number of aliphatic imine (C=N–C) groups is 1. The molecule has 2 rings (SSSR count). The van der Waals surface area contributed by atoms with Crippen molar-refractivity contribution in [3.8, 4) is 0 Å². The Kier molecular flexibility index (Phi) is 11.1. The van der Waals surface area contributed by atoms with Crippen molar-refractivity contribution in [3.05, 3.63) is 54.1 Å². The van der Waals surface area contributed by atoms with E-state index in [1.165, 1.54) is 12.1 Å². The van der Waals surface area contributed by atoms with Crippen LogP contribution in [0.15, 0.2) is 47.7 Å². The van der Waals surface area contributed by atoms with E-state index in [1.807, 2.05) is 16.9 Å². The second-order valence-corrected chi connectivity index (χ2v) is 5.71. The molecule has 7 nitrogen and oxygen atoms in total. The van der Waals surface area contributed by atoms with Gasteiger partial charge in [-0.2, -0.15) is 5.10 Å². The van der Waals surface area contributed by atoms with E-state index in [0.29, 0.717) is 24.6 Å². The lowest BCUT2D eigenvalue weighted by atomic mass is 10.1. The molecule has 0 aliphatic heterocycles. The van der Waals surface area contributed by atoms with E-state index in [2.05, 4.69) is 26.0 Å². The zero-order valence-electron chi connectivity index (χ0n) is 15.3. The SMILES string of the molecule is CN=C(NCCCn1cccn1)NCCNC(=O)Cc1cccc(F)c1.I. The molecule has 1 heterocycles. The van der Waals surface area contributed by atoms with Gasteiger partial charge in [0.2, 0.25) is 5.91 Å². The monoisotopic (exact) mass is 488 g/mol. The number of carbonyl (C=O) groups excluding carboxylic acids is 1. The zero-order chi connectivity index (χ0) is 18.6. The molecule has 0 aliphatic rings. The molecule has 27 heavy (non-hydrogen) atoms. The van der Waals surface area contributed by atoms with Crippen molar-refractivity contribution in [2.24, 2.45) is 4.99 Å². The van der Waals surface area contributed by atoms with E-state index < -0.39 is 0 Å². The standard InChI is InChI=1S/C18H25FN6O.HI/c1-20-18(22-7-3-11-25-12-4-8-24-25)23-10-9-21-17(26)14-15-5-2-6-16(19)13-15;/h2,4-6,8,12-13H,3,7,9-11,14H2,1H3,(H,21,26)(H2,20,22,23);1H. The smallest absolute Gasteiger partial charge is 0.224 e. The molecule has 1 amide bonds. The number of hydrogen-bond donors (Lipinski definition) is 3. The quantitative estimate of drug-likeness (QED) is 0.217. The summed E-state index contributed by atoms with van der Waals surface area (Å²) in [7, 11) is 1.70. The fourth-order valence-corrected chi connectivity index (χ4v) is 2.38. The number of carbonyl (C=O) groups is 1. The van der Waals surface area contributed by atoms with E-state index in [1.54, 1.807) is 25.4 Å². The number of nitrogens with zero attached hydrogens (tertiary/aromatic N) is 3. The Morgan fingerprint density at radius 2 is 1.96 bits per heavy atom. The van der Waals surface area contributed by atoms with Crippen molar-refractivity contribution in [2.45, 2.75) is 19.4 Å². The lowest BCUT2D eigenvalue weighted by Crippen LogP contribution is -2.42. The number of aromatic nitrogens is 2. The van der Waals surface area contributed by atoms with Crippen molar-refractivity contribution >= 4 is 35.8 Å². The van der Waals surface area contributed by atoms with E-state index in [4.69, 9.17) is 0 Å². The van der Waals surface area contributed by atoms with Gasteiger partial charge in [-0.3, -0.25) is 14.5 Å². The first-order valence-corrected chi connectivity index (χ1v) is 8.60. The highest BCUT2D eigenvalue weighted by molar-refractivity contribution is 14.0. The molecule has 9 heteroatoms. The summed E-state index contributed by atoms with van der Waals surface area (Å²) in [6.45, 7) is 2.62. The number of halogens is 2. The summed E-state index contributed by atoms with van der Waals surface area (Å²) < 4.78 is 15.0. The Bertz CT molecular complexity index is 708. The minimum atomic E-state index is -0.334. The van der Waals surface area contributed by atoms with Gasteiger partial charge in [0.1, 0.15) is 5.82 Å². The molecule has 1 aromatic heterocycles. The van der Waals surface area contributed by atoms with Crippen LogP contribution in [0.2, 0.25) is 0 Å². The minimum Gasteiger partial charge on any atom is -0.356 e. The van der Waals surface area contributed by atoms with Gasteiger partial charge in [-0.15, -0.1) is 24.0 Å². The average Bonchev–Trinajstić information content (AvgIpc) is 3.14. The first-order chi connectivity index (χ1) is 12.7. The van der Waals surface area contributed by atoms with Crippen LogP contribution < -0.4 is 16.0 Å². The number of guanidine groups is 1. The van der Waals surface area contributed by atoms with Crippen molar-refractivity contribution in [1.82, 2.24) is 25.7 Å². The summed E-state index contributed by atoms with van der Waals surface area (Å²) in [6, 6.07) is 7.96. The van der Waals surface area contributed by atoms with Gasteiger partial charge in [-0.1, -0.05) is 12.1 Å². The largest absolute Gasteiger partial charge is 0.356 e. The van der Waals surface area contributed by atoms with Gasteiger partial charge in [0.25, 0.3) is 0 Å². The van der Waals surface area contributed by atoms with Crippen LogP contribution in [0.4, 0.5) is 4.39 Å². The van der Waals surface area contributed by atoms with Crippen LogP contribution in [-0.4, -0.2) is 48.3 Å². The molecular formula is C18H26FIN6O. The summed E-state index contributed by atoms with van der Waals surface area (Å²) >= 11 is 0. The maximum atomic E-state index is 13.1. The van der Waals surface area contributed by atoms with E-state index in [0.717, 1.165) is 19.5 Å². The molecule has 0 unspecified atom stereocenters. The van der Waals surface area contributed by atoms with Gasteiger partial charge < -0.3 is 16.0 Å². The maximum absolute atomic E-state index is 13.1. The molecule has 0 bridgehead atoms. The third kappa shape index (κ3) is 9.36. The molecule has 0 saturated carbocycles. The van der Waals surface area contributed by atoms with Crippen LogP contribution >= 0.6 is 24.0 Å². The van der Waals surface area contributed by atoms with Crippen LogP contribution in [0.25, 0.3) is 0 Å². The number of aryl methyl sites for hydroxylation is 1. The topological polar surface area (TPSA) is 83.3 Å². The second-order valence-electron chi connectivity index (χ2n) is 5.71. The van der Waals surface area contributed by atoms with Crippen molar-refractivity contribution < 1.29 is 9.18 Å². The third-order valence-electron chi connectivity index (χ3n) is 3.63. The van der Waals surface area contributed by atoms with Gasteiger partial charge in [0.15, 0.2) is 5.96 Å². The Hall–Kier alpha value is -2.17. The highest BCUT2D eigenvalue weighted by atomic mass is 127. The Labute approximate surface area is 175 Å². The van der Waals surface area contributed by atoms with Gasteiger partial charge in [-0.25, -0.2) is 4.39 Å². The van der Waals surface area contributed by atoms with Crippen molar-refractivity contribution in [1.29, 1.82) is 0 Å². The summed E-state index contributed by atoms with van der Waals surface area (Å²) in [5.41, 5.74) is 0.658. The molecule has 0 aliphatic carbocycles. The number of benzene rings is 1. The number of amides is 1. The first kappa shape index (κ1) is 22.9. The lowest BCUT2D eigenvalue weighted by molar-refractivity contribution is -0.120. The van der Waals surface area contributed by atoms with E-state index in [-0.39, 0.29) is 42.1 Å². The number of nitrogens with one attached hydrogen (secondary N) is 3. The molecule has 0 radical (unpaired) electrons. The predicted molar refractivity (Wildman–Crippen MR) is 115 cm³/mol. The number of hydrogen-bond acceptors (Lipinski definition) is 3. The lowest BCUT2D eigenvalue weighted by Gasteiger charge is -2.12. The summed E-state index contributed by atoms with van der Waals surface area (Å²) in [5.74, 6) is 0.212. The van der Waals surface area contributed by atoms with Gasteiger partial charge in [-0.05, 0) is 30.2 Å². The first-order valence-electron chi connectivity index (χ1n) is 8.60. The molecule has 148 valence electrons. The van der Waals surface area contributed by atoms with Gasteiger partial charge >= 0.3 is 0 Å². The van der Waals surface area contributed by atoms with Crippen LogP contribution in [0, 0.1) is 5.82 Å². The Balaban J connectivity index is 0.00000364. The van der Waals surface area contributed by atoms with Crippen molar-refractivity contribution in [2.75, 3.05) is 26.7 Å². The molecule has 0 fully saturated rings. The molecule has 0 saturated heterocycles. The molecule has 0 spiro atoms. The fraction of sp³-hybridized carbons (Fsp3) is 0.389. The van der Waals surface area contributed by atoms with Crippen LogP contribution in [-0.2, 0) is 17.8 Å². The fourth-order valence-electron chi connectivity index (χ4n) is 2.38. The molecule has 1 aromatic carbocycles. The Morgan fingerprint density at radius 3 is 2.67 bits per heavy atom. The molecule has 3 N–H and O–H groups in total. The van der Waals surface area contributed by atoms with Crippen LogP contribution in [0.1, 0.15) is 12.0 Å². The highest BCUT2D eigenvalue weighted by Gasteiger charge is 2.04. The zero-order valence-corrected chi connectivity index (χ0v) is 17.7. The summed E-state index contributed by atoms with van der Waals surface area (Å²) in [5, 5.41) is 13.3. The number of rotatable bonds is 9. The van der Waals surface area contributed by atoms with E-state index >= 15 is 0 Å². The average molecular weight is 488 g/mol. The maximum Gasteiger partial charge on any atom is 0.224 e. The molecular weight excluding hydrogens is 462 g/mol. The van der Waals surface area contributed by atoms with Crippen LogP contribution in [0.5, 0.6) is 0 Å². The van der Waals surface area contributed by atoms with Gasteiger partial charge in [0.05, 0.1) is 6.42 Å². The molecule has 2 aromatic rings. The molecule has 0 atom stereocenters. The van der Waals surface area contributed by atoms with Gasteiger partial charge in [0, 0.05) is 45.6 Å². The van der Waals surface area contributed by atoms with Crippen LogP contribution in [0.3, 0.4) is 0 Å².